The zero-order valence-electron chi connectivity index (χ0n) is 11.2. The highest BCUT2D eigenvalue weighted by Gasteiger charge is 2.30. The average Bonchev–Trinajstić information content (AvgIpc) is 2.89. The summed E-state index contributed by atoms with van der Waals surface area (Å²) in [5.41, 5.74) is -0.244. The molecule has 0 atom stereocenters. The fraction of sp³-hybridized carbons (Fsp3) is 0.0714. The summed E-state index contributed by atoms with van der Waals surface area (Å²) in [7, 11) is 0. The van der Waals surface area contributed by atoms with Crippen molar-refractivity contribution < 1.29 is 18.1 Å². The molecule has 3 rings (SSSR count). The van der Waals surface area contributed by atoms with E-state index in [1.165, 1.54) is 24.3 Å². The summed E-state index contributed by atoms with van der Waals surface area (Å²) in [6.45, 7) is 0. The fourth-order valence-electron chi connectivity index (χ4n) is 2.12. The fourth-order valence-corrected chi connectivity index (χ4v) is 2.31. The van der Waals surface area contributed by atoms with Gasteiger partial charge in [-0.2, -0.15) is 13.2 Å². The van der Waals surface area contributed by atoms with Gasteiger partial charge in [-0.25, -0.2) is 4.98 Å². The molecule has 1 aromatic heterocycles. The number of alkyl halides is 3. The molecule has 5 nitrogen and oxygen atoms in total. The van der Waals surface area contributed by atoms with Crippen molar-refractivity contribution in [3.8, 4) is 11.4 Å². The van der Waals surface area contributed by atoms with Gasteiger partial charge in [0, 0.05) is 11.6 Å². The summed E-state index contributed by atoms with van der Waals surface area (Å²) in [4.78, 5) is 17.1. The molecule has 0 aliphatic carbocycles. The van der Waals surface area contributed by atoms with E-state index in [0.29, 0.717) is 11.1 Å². The number of nitrogens with zero attached hydrogens (tertiary/aromatic N) is 2. The maximum absolute atomic E-state index is 12.7. The highest BCUT2D eigenvalue weighted by atomic mass is 35.5. The molecule has 0 fully saturated rings. The lowest BCUT2D eigenvalue weighted by molar-refractivity contribution is -0.384. The SMILES string of the molecule is O=[N+]([O-])c1cc(-c2nc3ccc(C(F)(F)F)cc3[nH]2)ccc1Cl. The maximum atomic E-state index is 12.7. The predicted octanol–water partition coefficient (Wildman–Crippen LogP) is 4.81. The normalized spacial score (nSPS) is 11.8. The van der Waals surface area contributed by atoms with Crippen molar-refractivity contribution in [1.82, 2.24) is 9.97 Å². The van der Waals surface area contributed by atoms with Crippen LogP contribution in [0.2, 0.25) is 5.02 Å². The molecule has 0 bridgehead atoms. The van der Waals surface area contributed by atoms with Gasteiger partial charge in [-0.05, 0) is 30.3 Å². The van der Waals surface area contributed by atoms with E-state index in [4.69, 9.17) is 11.6 Å². The van der Waals surface area contributed by atoms with E-state index in [1.807, 2.05) is 0 Å². The number of hydrogen-bond donors (Lipinski definition) is 1. The van der Waals surface area contributed by atoms with Gasteiger partial charge in [-0.3, -0.25) is 10.1 Å². The number of aromatic nitrogens is 2. The van der Waals surface area contributed by atoms with Crippen molar-refractivity contribution in [2.24, 2.45) is 0 Å². The van der Waals surface area contributed by atoms with E-state index in [0.717, 1.165) is 12.1 Å². The van der Waals surface area contributed by atoms with Crippen LogP contribution in [0, 0.1) is 10.1 Å². The van der Waals surface area contributed by atoms with Crippen LogP contribution in [0.3, 0.4) is 0 Å². The highest BCUT2D eigenvalue weighted by Crippen LogP contribution is 2.33. The zero-order chi connectivity index (χ0) is 16.8. The first-order valence-electron chi connectivity index (χ1n) is 6.27. The van der Waals surface area contributed by atoms with Crippen LogP contribution in [0.15, 0.2) is 36.4 Å². The van der Waals surface area contributed by atoms with Crippen LogP contribution < -0.4 is 0 Å². The second kappa shape index (κ2) is 5.24. The van der Waals surface area contributed by atoms with Gasteiger partial charge >= 0.3 is 6.18 Å². The Morgan fingerprint density at radius 1 is 1.17 bits per heavy atom. The number of imidazole rings is 1. The number of hydrogen-bond acceptors (Lipinski definition) is 3. The van der Waals surface area contributed by atoms with E-state index in [2.05, 4.69) is 9.97 Å². The molecule has 0 saturated heterocycles. The first kappa shape index (κ1) is 15.3. The molecule has 3 aromatic rings. The van der Waals surface area contributed by atoms with Gasteiger partial charge in [-0.15, -0.1) is 0 Å². The number of nitrogens with one attached hydrogen (secondary N) is 1. The summed E-state index contributed by atoms with van der Waals surface area (Å²) in [6, 6.07) is 7.15. The molecule has 0 radical (unpaired) electrons. The topological polar surface area (TPSA) is 71.8 Å². The molecule has 0 aliphatic heterocycles. The van der Waals surface area contributed by atoms with Crippen molar-refractivity contribution >= 4 is 28.3 Å². The molecular weight excluding hydrogens is 335 g/mol. The summed E-state index contributed by atoms with van der Waals surface area (Å²) >= 11 is 5.73. The Morgan fingerprint density at radius 3 is 2.57 bits per heavy atom. The van der Waals surface area contributed by atoms with E-state index in [9.17, 15) is 23.3 Å². The van der Waals surface area contributed by atoms with Gasteiger partial charge in [0.2, 0.25) is 0 Å². The van der Waals surface area contributed by atoms with Crippen LogP contribution in [0.1, 0.15) is 5.56 Å². The minimum absolute atomic E-state index is 0.0331. The number of nitro benzene ring substituents is 1. The van der Waals surface area contributed by atoms with Crippen molar-refractivity contribution in [2.45, 2.75) is 6.18 Å². The maximum Gasteiger partial charge on any atom is 0.416 e. The molecule has 118 valence electrons. The van der Waals surface area contributed by atoms with Crippen LogP contribution in [-0.4, -0.2) is 14.9 Å². The van der Waals surface area contributed by atoms with Gasteiger partial charge < -0.3 is 4.98 Å². The first-order chi connectivity index (χ1) is 10.8. The number of rotatable bonds is 2. The lowest BCUT2D eigenvalue weighted by Crippen LogP contribution is -2.04. The van der Waals surface area contributed by atoms with Gasteiger partial charge in [0.25, 0.3) is 5.69 Å². The van der Waals surface area contributed by atoms with Crippen molar-refractivity contribution in [2.75, 3.05) is 0 Å². The lowest BCUT2D eigenvalue weighted by atomic mass is 10.2. The van der Waals surface area contributed by atoms with Crippen molar-refractivity contribution in [1.29, 1.82) is 0 Å². The average molecular weight is 342 g/mol. The van der Waals surface area contributed by atoms with Gasteiger partial charge in [0.05, 0.1) is 21.5 Å². The molecule has 0 spiro atoms. The van der Waals surface area contributed by atoms with Crippen LogP contribution in [0.5, 0.6) is 0 Å². The largest absolute Gasteiger partial charge is 0.416 e. The predicted molar refractivity (Wildman–Crippen MR) is 78.2 cm³/mol. The molecule has 1 N–H and O–H groups in total. The third-order valence-electron chi connectivity index (χ3n) is 3.23. The third-order valence-corrected chi connectivity index (χ3v) is 3.55. The molecule has 0 aliphatic rings. The van der Waals surface area contributed by atoms with Gasteiger partial charge in [0.15, 0.2) is 0 Å². The number of aromatic amines is 1. The van der Waals surface area contributed by atoms with Crippen LogP contribution in [0.4, 0.5) is 18.9 Å². The van der Waals surface area contributed by atoms with E-state index >= 15 is 0 Å². The Kier molecular flexibility index (Phi) is 3.48. The van der Waals surface area contributed by atoms with E-state index in [-0.39, 0.29) is 22.1 Å². The molecule has 0 saturated carbocycles. The highest BCUT2D eigenvalue weighted by molar-refractivity contribution is 6.32. The number of benzene rings is 2. The molecule has 1 heterocycles. The quantitative estimate of drug-likeness (QED) is 0.537. The minimum atomic E-state index is -4.46. The van der Waals surface area contributed by atoms with Gasteiger partial charge in [0.1, 0.15) is 10.8 Å². The minimum Gasteiger partial charge on any atom is -0.338 e. The molecule has 2 aromatic carbocycles. The van der Waals surface area contributed by atoms with Crippen LogP contribution in [0.25, 0.3) is 22.4 Å². The Bertz CT molecular complexity index is 921. The van der Waals surface area contributed by atoms with Gasteiger partial charge in [-0.1, -0.05) is 11.6 Å². The number of halogens is 4. The molecular formula is C14H7ClF3N3O2. The third kappa shape index (κ3) is 2.85. The van der Waals surface area contributed by atoms with E-state index < -0.39 is 16.7 Å². The Morgan fingerprint density at radius 2 is 1.91 bits per heavy atom. The second-order valence-electron chi connectivity index (χ2n) is 4.74. The monoisotopic (exact) mass is 341 g/mol. The summed E-state index contributed by atoms with van der Waals surface area (Å²) in [5, 5.41) is 10.9. The zero-order valence-corrected chi connectivity index (χ0v) is 11.9. The summed E-state index contributed by atoms with van der Waals surface area (Å²) < 4.78 is 38.1. The van der Waals surface area contributed by atoms with Crippen LogP contribution in [-0.2, 0) is 6.18 Å². The number of fused-ring (bicyclic) bond motifs is 1. The van der Waals surface area contributed by atoms with Crippen molar-refractivity contribution in [3.05, 3.63) is 57.1 Å². The number of H-pyrrole nitrogens is 1. The molecule has 0 amide bonds. The summed E-state index contributed by atoms with van der Waals surface area (Å²) in [5.74, 6) is 0.221. The van der Waals surface area contributed by atoms with Crippen LogP contribution >= 0.6 is 11.6 Å². The molecule has 0 unspecified atom stereocenters. The van der Waals surface area contributed by atoms with Crippen molar-refractivity contribution in [3.63, 3.8) is 0 Å². The summed E-state index contributed by atoms with van der Waals surface area (Å²) in [6.07, 6.45) is -4.46. The standard InChI is InChI=1S/C14H7ClF3N3O2/c15-9-3-1-7(5-12(9)21(22)23)13-19-10-4-2-8(14(16,17)18)6-11(10)20-13/h1-6H,(H,19,20). The van der Waals surface area contributed by atoms with E-state index in [1.54, 1.807) is 0 Å². The molecule has 9 heteroatoms. The number of nitro groups is 1. The Hall–Kier alpha value is -2.61. The lowest BCUT2D eigenvalue weighted by Gasteiger charge is -2.05. The Balaban J connectivity index is 2.11. The smallest absolute Gasteiger partial charge is 0.338 e. The second-order valence-corrected chi connectivity index (χ2v) is 5.15. The molecule has 23 heavy (non-hydrogen) atoms. The Labute approximate surface area is 131 Å². The first-order valence-corrected chi connectivity index (χ1v) is 6.65.